The summed E-state index contributed by atoms with van der Waals surface area (Å²) in [4.78, 5) is 26.9. The summed E-state index contributed by atoms with van der Waals surface area (Å²) in [6.07, 6.45) is 1.38. The van der Waals surface area contributed by atoms with Gasteiger partial charge in [0.15, 0.2) is 4.77 Å². The van der Waals surface area contributed by atoms with Gasteiger partial charge in [0.2, 0.25) is 5.88 Å². The molecule has 0 radical (unpaired) electrons. The molecule has 0 aliphatic carbocycles. The van der Waals surface area contributed by atoms with Crippen LogP contribution in [0, 0.1) is 4.77 Å². The Morgan fingerprint density at radius 3 is 1.80 bits per heavy atom. The zero-order chi connectivity index (χ0) is 24.5. The van der Waals surface area contributed by atoms with E-state index in [1.54, 1.807) is 55.5 Å². The molecule has 5 rings (SSSR count). The molecular weight excluding hydrogens is 460 g/mol. The lowest BCUT2D eigenvalue weighted by Crippen LogP contribution is -2.26. The van der Waals surface area contributed by atoms with Crippen molar-refractivity contribution in [2.45, 2.75) is 6.92 Å². The molecule has 8 heteroatoms. The zero-order valence-corrected chi connectivity index (χ0v) is 19.5. The lowest BCUT2D eigenvalue weighted by atomic mass is 10.1. The molecule has 172 valence electrons. The highest BCUT2D eigenvalue weighted by atomic mass is 32.1. The van der Waals surface area contributed by atoms with Gasteiger partial charge in [-0.2, -0.15) is 10.1 Å². The summed E-state index contributed by atoms with van der Waals surface area (Å²) in [5.74, 6) is -0.753. The first-order chi connectivity index (χ1) is 17.0. The molecule has 2 heterocycles. The van der Waals surface area contributed by atoms with E-state index >= 15 is 0 Å². The minimum atomic E-state index is -0.544. The Morgan fingerprint density at radius 2 is 1.26 bits per heavy atom. The average Bonchev–Trinajstić information content (AvgIpc) is 3.16. The molecule has 7 nitrogen and oxygen atoms in total. The highest BCUT2D eigenvalue weighted by Gasteiger charge is 2.30. The molecule has 4 aromatic rings. The van der Waals surface area contributed by atoms with Crippen molar-refractivity contribution in [3.63, 3.8) is 0 Å². The van der Waals surface area contributed by atoms with Crippen molar-refractivity contribution in [1.29, 1.82) is 0 Å². The van der Waals surface area contributed by atoms with Gasteiger partial charge < -0.3 is 5.11 Å². The molecule has 0 spiro atoms. The summed E-state index contributed by atoms with van der Waals surface area (Å²) in [5.41, 5.74) is 1.74. The number of aromatic hydroxyl groups is 1. The Bertz CT molecular complexity index is 1610. The van der Waals surface area contributed by atoms with Gasteiger partial charge in [-0.1, -0.05) is 54.6 Å². The van der Waals surface area contributed by atoms with Crippen LogP contribution in [0.25, 0.3) is 17.5 Å². The fourth-order valence-corrected chi connectivity index (χ4v) is 4.31. The third-order valence-electron chi connectivity index (χ3n) is 5.65. The van der Waals surface area contributed by atoms with Crippen molar-refractivity contribution >= 4 is 35.6 Å². The Kier molecular flexibility index (Phi) is 5.72. The number of nitrogens with zero attached hydrogens (tertiary/aromatic N) is 4. The van der Waals surface area contributed by atoms with Crippen molar-refractivity contribution in [3.05, 3.63) is 117 Å². The summed E-state index contributed by atoms with van der Waals surface area (Å²) in [6.45, 7) is 1.69. The number of hydrogen-bond donors (Lipinski definition) is 1. The van der Waals surface area contributed by atoms with Crippen molar-refractivity contribution in [3.8, 4) is 17.3 Å². The maximum absolute atomic E-state index is 13.7. The maximum Gasteiger partial charge on any atom is 0.280 e. The van der Waals surface area contributed by atoms with Gasteiger partial charge in [0.05, 0.1) is 28.3 Å². The van der Waals surface area contributed by atoms with Crippen LogP contribution in [0.15, 0.2) is 106 Å². The molecule has 0 bridgehead atoms. The van der Waals surface area contributed by atoms with E-state index in [-0.39, 0.29) is 21.8 Å². The number of para-hydroxylation sites is 3. The predicted octanol–water partition coefficient (Wildman–Crippen LogP) is 4.87. The highest BCUT2D eigenvalue weighted by Crippen LogP contribution is 2.28. The normalized spacial score (nSPS) is 14.4. The minimum Gasteiger partial charge on any atom is -0.494 e. The summed E-state index contributed by atoms with van der Waals surface area (Å²) in [6, 6.07) is 27.0. The second kappa shape index (κ2) is 9.00. The van der Waals surface area contributed by atoms with Crippen LogP contribution in [0.4, 0.5) is 5.69 Å². The van der Waals surface area contributed by atoms with Crippen LogP contribution >= 0.6 is 12.2 Å². The van der Waals surface area contributed by atoms with Gasteiger partial charge >= 0.3 is 0 Å². The molecule has 35 heavy (non-hydrogen) atoms. The summed E-state index contributed by atoms with van der Waals surface area (Å²) < 4.78 is 2.85. The zero-order valence-electron chi connectivity index (χ0n) is 18.7. The number of benzene rings is 3. The first-order valence-corrected chi connectivity index (χ1v) is 11.3. The molecule has 1 aliphatic heterocycles. The molecule has 1 N–H and O–H groups in total. The molecule has 1 amide bonds. The lowest BCUT2D eigenvalue weighted by molar-refractivity contribution is -0.114. The number of hydrazone groups is 1. The molecule has 0 atom stereocenters. The van der Waals surface area contributed by atoms with Crippen molar-refractivity contribution in [1.82, 2.24) is 9.13 Å². The van der Waals surface area contributed by atoms with Crippen LogP contribution < -0.4 is 10.6 Å². The van der Waals surface area contributed by atoms with Gasteiger partial charge in [-0.25, -0.2) is 0 Å². The van der Waals surface area contributed by atoms with E-state index in [2.05, 4.69) is 5.10 Å². The molecular formula is C27H20N4O3S. The van der Waals surface area contributed by atoms with Crippen LogP contribution in [0.3, 0.4) is 0 Å². The fraction of sp³-hybridized carbons (Fsp3) is 0.0370. The van der Waals surface area contributed by atoms with Crippen LogP contribution in [0.1, 0.15) is 12.5 Å². The second-order valence-electron chi connectivity index (χ2n) is 7.86. The maximum atomic E-state index is 13.7. The second-order valence-corrected chi connectivity index (χ2v) is 8.23. The van der Waals surface area contributed by atoms with Crippen molar-refractivity contribution in [2.75, 3.05) is 5.01 Å². The number of carbonyl (C=O) groups excluding carboxylic acids is 1. The van der Waals surface area contributed by atoms with E-state index < -0.39 is 11.5 Å². The topological polar surface area (TPSA) is 79.8 Å². The summed E-state index contributed by atoms with van der Waals surface area (Å²) in [5, 5.41) is 16.9. The molecule has 0 unspecified atom stereocenters. The van der Waals surface area contributed by atoms with Crippen LogP contribution in [-0.2, 0) is 4.79 Å². The van der Waals surface area contributed by atoms with E-state index in [0.717, 1.165) is 0 Å². The number of aromatic nitrogens is 2. The quantitative estimate of drug-likeness (QED) is 0.334. The van der Waals surface area contributed by atoms with E-state index in [1.165, 1.54) is 20.2 Å². The molecule has 1 aromatic heterocycles. The average molecular weight is 481 g/mol. The van der Waals surface area contributed by atoms with Crippen molar-refractivity contribution in [2.24, 2.45) is 5.10 Å². The van der Waals surface area contributed by atoms with Crippen LogP contribution in [0.2, 0.25) is 0 Å². The molecule has 1 aliphatic rings. The van der Waals surface area contributed by atoms with Gasteiger partial charge in [-0.05, 0) is 61.6 Å². The Balaban J connectivity index is 1.75. The van der Waals surface area contributed by atoms with Gasteiger partial charge in [0.25, 0.3) is 11.5 Å². The molecule has 0 saturated heterocycles. The fourth-order valence-electron chi connectivity index (χ4n) is 3.93. The SMILES string of the molecule is CC1=NN(c2ccccc2)C(=O)C1=Cc1c(O)n(-c2ccccc2)c(=S)n(-c2ccccc2)c1=O. The monoisotopic (exact) mass is 480 g/mol. The number of carbonyl (C=O) groups is 1. The van der Waals surface area contributed by atoms with Crippen LogP contribution in [-0.4, -0.2) is 25.9 Å². The molecule has 3 aromatic carbocycles. The van der Waals surface area contributed by atoms with Gasteiger partial charge in [0.1, 0.15) is 5.56 Å². The Morgan fingerprint density at radius 1 is 0.771 bits per heavy atom. The third-order valence-corrected chi connectivity index (χ3v) is 6.01. The summed E-state index contributed by atoms with van der Waals surface area (Å²) >= 11 is 5.65. The summed E-state index contributed by atoms with van der Waals surface area (Å²) in [7, 11) is 0. The van der Waals surface area contributed by atoms with Crippen molar-refractivity contribution < 1.29 is 9.90 Å². The number of rotatable bonds is 4. The van der Waals surface area contributed by atoms with Crippen LogP contribution in [0.5, 0.6) is 5.88 Å². The van der Waals surface area contributed by atoms with E-state index in [9.17, 15) is 14.7 Å². The van der Waals surface area contributed by atoms with Gasteiger partial charge in [-0.15, -0.1) is 0 Å². The Labute approximate surface area is 206 Å². The van der Waals surface area contributed by atoms with E-state index in [4.69, 9.17) is 12.2 Å². The molecule has 0 saturated carbocycles. The minimum absolute atomic E-state index is 0.0703. The number of hydrogen-bond acceptors (Lipinski definition) is 5. The molecule has 0 fully saturated rings. The standard InChI is InChI=1S/C27H20N4O3S/c1-18-22(26(34)31(28-18)21-15-9-4-10-16-21)17-23-24(32)29(19-11-5-2-6-12-19)27(35)30(25(23)33)20-13-7-3-8-14-20/h2-17,32H,1H3. The smallest absolute Gasteiger partial charge is 0.280 e. The first kappa shape index (κ1) is 22.2. The van der Waals surface area contributed by atoms with E-state index in [1.807, 2.05) is 42.5 Å². The number of anilines is 1. The highest BCUT2D eigenvalue weighted by molar-refractivity contribution is 7.71. The Hall–Kier alpha value is -4.56. The largest absolute Gasteiger partial charge is 0.494 e. The third kappa shape index (κ3) is 3.89. The predicted molar refractivity (Wildman–Crippen MR) is 139 cm³/mol. The lowest BCUT2D eigenvalue weighted by Gasteiger charge is -2.17. The van der Waals surface area contributed by atoms with Gasteiger partial charge in [0, 0.05) is 0 Å². The van der Waals surface area contributed by atoms with Gasteiger partial charge in [-0.3, -0.25) is 18.7 Å². The first-order valence-electron chi connectivity index (χ1n) is 10.9. The van der Waals surface area contributed by atoms with E-state index in [0.29, 0.717) is 22.8 Å². The number of amides is 1.